The van der Waals surface area contributed by atoms with Crippen LogP contribution in [0.1, 0.15) is 0 Å². The lowest BCUT2D eigenvalue weighted by atomic mass is 10.3. The lowest BCUT2D eigenvalue weighted by Crippen LogP contribution is -1.98. The van der Waals surface area contributed by atoms with Crippen molar-refractivity contribution in [1.82, 2.24) is 0 Å². The van der Waals surface area contributed by atoms with E-state index in [-0.39, 0.29) is 5.75 Å². The molecule has 0 aliphatic heterocycles. The maximum absolute atomic E-state index is 11.6. The third-order valence-electron chi connectivity index (χ3n) is 2.31. The molecule has 0 heterocycles. The monoisotopic (exact) mass is 280 g/mol. The lowest BCUT2D eigenvalue weighted by molar-refractivity contribution is 0.475. The van der Waals surface area contributed by atoms with E-state index in [1.54, 1.807) is 48.5 Å². The second-order valence-corrected chi connectivity index (χ2v) is 6.91. The smallest absolute Gasteiger partial charge is 0.176 e. The van der Waals surface area contributed by atoms with Gasteiger partial charge in [0.15, 0.2) is 9.84 Å². The fourth-order valence-corrected chi connectivity index (χ4v) is 3.66. The molecule has 0 spiro atoms. The summed E-state index contributed by atoms with van der Waals surface area (Å²) in [4.78, 5) is 1.89. The molecular formula is C13H12O3S2. The SMILES string of the molecule is CS(=O)(=O)c1ccccc1Sc1ccc(O)cc1. The summed E-state index contributed by atoms with van der Waals surface area (Å²) in [6.07, 6.45) is 1.20. The molecule has 0 aliphatic rings. The zero-order valence-corrected chi connectivity index (χ0v) is 11.3. The van der Waals surface area contributed by atoms with E-state index in [0.29, 0.717) is 9.79 Å². The number of rotatable bonds is 3. The van der Waals surface area contributed by atoms with E-state index in [0.717, 1.165) is 4.90 Å². The minimum atomic E-state index is -3.23. The topological polar surface area (TPSA) is 54.4 Å². The fraction of sp³-hybridized carbons (Fsp3) is 0.0769. The summed E-state index contributed by atoms with van der Waals surface area (Å²) in [6, 6.07) is 13.5. The van der Waals surface area contributed by atoms with Crippen molar-refractivity contribution in [3.05, 3.63) is 48.5 Å². The number of hydrogen-bond acceptors (Lipinski definition) is 4. The molecule has 0 amide bonds. The van der Waals surface area contributed by atoms with Crippen molar-refractivity contribution >= 4 is 21.6 Å². The van der Waals surface area contributed by atoms with Crippen LogP contribution in [0.4, 0.5) is 0 Å². The molecule has 0 aromatic heterocycles. The molecule has 18 heavy (non-hydrogen) atoms. The molecule has 1 N–H and O–H groups in total. The largest absolute Gasteiger partial charge is 0.508 e. The van der Waals surface area contributed by atoms with E-state index in [4.69, 9.17) is 0 Å². The van der Waals surface area contributed by atoms with E-state index in [2.05, 4.69) is 0 Å². The van der Waals surface area contributed by atoms with Gasteiger partial charge < -0.3 is 5.11 Å². The van der Waals surface area contributed by atoms with Gasteiger partial charge in [-0.2, -0.15) is 0 Å². The van der Waals surface area contributed by atoms with E-state index >= 15 is 0 Å². The van der Waals surface area contributed by atoms with Gasteiger partial charge in [0.1, 0.15) is 5.75 Å². The minimum Gasteiger partial charge on any atom is -0.508 e. The zero-order valence-electron chi connectivity index (χ0n) is 9.70. The maximum atomic E-state index is 11.6. The lowest BCUT2D eigenvalue weighted by Gasteiger charge is -2.07. The summed E-state index contributed by atoms with van der Waals surface area (Å²) in [5, 5.41) is 9.20. The average Bonchev–Trinajstić information content (AvgIpc) is 2.31. The highest BCUT2D eigenvalue weighted by Crippen LogP contribution is 2.33. The van der Waals surface area contributed by atoms with Gasteiger partial charge in [-0.1, -0.05) is 23.9 Å². The first-order valence-corrected chi connectivity index (χ1v) is 7.93. The van der Waals surface area contributed by atoms with Crippen LogP contribution in [0.25, 0.3) is 0 Å². The van der Waals surface area contributed by atoms with Gasteiger partial charge in [-0.25, -0.2) is 8.42 Å². The van der Waals surface area contributed by atoms with Gasteiger partial charge in [-0.05, 0) is 36.4 Å². The second kappa shape index (κ2) is 5.04. The van der Waals surface area contributed by atoms with Crippen molar-refractivity contribution < 1.29 is 13.5 Å². The first kappa shape index (κ1) is 13.0. The van der Waals surface area contributed by atoms with Crippen molar-refractivity contribution in [2.45, 2.75) is 14.7 Å². The van der Waals surface area contributed by atoms with E-state index < -0.39 is 9.84 Å². The molecule has 2 aromatic carbocycles. The molecule has 2 aromatic rings. The fourth-order valence-electron chi connectivity index (χ4n) is 1.48. The van der Waals surface area contributed by atoms with E-state index in [1.165, 1.54) is 18.0 Å². The van der Waals surface area contributed by atoms with Crippen molar-refractivity contribution in [2.24, 2.45) is 0 Å². The number of phenolic OH excluding ortho intramolecular Hbond substituents is 1. The Bertz CT molecular complexity index is 646. The highest BCUT2D eigenvalue weighted by Gasteiger charge is 2.13. The van der Waals surface area contributed by atoms with Crippen LogP contribution in [-0.4, -0.2) is 19.8 Å². The highest BCUT2D eigenvalue weighted by molar-refractivity contribution is 8.00. The van der Waals surface area contributed by atoms with E-state index in [9.17, 15) is 13.5 Å². The van der Waals surface area contributed by atoms with Crippen LogP contribution in [0.5, 0.6) is 5.75 Å². The zero-order chi connectivity index (χ0) is 13.2. The van der Waals surface area contributed by atoms with Crippen molar-refractivity contribution in [3.63, 3.8) is 0 Å². The minimum absolute atomic E-state index is 0.191. The van der Waals surface area contributed by atoms with Crippen LogP contribution in [0, 0.1) is 0 Å². The van der Waals surface area contributed by atoms with Crippen molar-refractivity contribution in [1.29, 1.82) is 0 Å². The Morgan fingerprint density at radius 2 is 1.61 bits per heavy atom. The Labute approximate surface area is 110 Å². The third kappa shape index (κ3) is 3.05. The molecular weight excluding hydrogens is 268 g/mol. The molecule has 0 saturated carbocycles. The van der Waals surface area contributed by atoms with Crippen LogP contribution in [-0.2, 0) is 9.84 Å². The van der Waals surface area contributed by atoms with Crippen LogP contribution in [0.15, 0.2) is 63.2 Å². The molecule has 0 bridgehead atoms. The number of aromatic hydroxyl groups is 1. The molecule has 94 valence electrons. The maximum Gasteiger partial charge on any atom is 0.176 e. The normalized spacial score (nSPS) is 11.4. The Kier molecular flexibility index (Phi) is 3.63. The summed E-state index contributed by atoms with van der Waals surface area (Å²) in [6.45, 7) is 0. The summed E-state index contributed by atoms with van der Waals surface area (Å²) < 4.78 is 23.3. The molecule has 0 fully saturated rings. The molecule has 0 saturated heterocycles. The van der Waals surface area contributed by atoms with E-state index in [1.807, 2.05) is 0 Å². The highest BCUT2D eigenvalue weighted by atomic mass is 32.2. The molecule has 0 unspecified atom stereocenters. The quantitative estimate of drug-likeness (QED) is 0.939. The number of hydrogen-bond donors (Lipinski definition) is 1. The van der Waals surface area contributed by atoms with Crippen LogP contribution in [0.3, 0.4) is 0 Å². The summed E-state index contributed by atoms with van der Waals surface area (Å²) in [7, 11) is -3.23. The third-order valence-corrected chi connectivity index (χ3v) is 4.68. The van der Waals surface area contributed by atoms with Crippen molar-refractivity contribution in [2.75, 3.05) is 6.26 Å². The number of phenols is 1. The van der Waals surface area contributed by atoms with Gasteiger partial charge >= 0.3 is 0 Å². The molecule has 0 atom stereocenters. The van der Waals surface area contributed by atoms with Crippen LogP contribution < -0.4 is 0 Å². The summed E-state index contributed by atoms with van der Waals surface area (Å²) in [5.74, 6) is 0.191. The summed E-state index contributed by atoms with van der Waals surface area (Å²) >= 11 is 1.36. The van der Waals surface area contributed by atoms with Gasteiger partial charge in [0, 0.05) is 16.0 Å². The first-order valence-electron chi connectivity index (χ1n) is 5.23. The summed E-state index contributed by atoms with van der Waals surface area (Å²) in [5.41, 5.74) is 0. The Hall–Kier alpha value is -1.46. The number of benzene rings is 2. The molecule has 5 heteroatoms. The van der Waals surface area contributed by atoms with Gasteiger partial charge in [0.25, 0.3) is 0 Å². The van der Waals surface area contributed by atoms with Gasteiger partial charge in [-0.3, -0.25) is 0 Å². The van der Waals surface area contributed by atoms with Gasteiger partial charge in [0.05, 0.1) is 4.90 Å². The predicted molar refractivity (Wildman–Crippen MR) is 71.8 cm³/mol. The van der Waals surface area contributed by atoms with Crippen LogP contribution in [0.2, 0.25) is 0 Å². The van der Waals surface area contributed by atoms with Crippen LogP contribution >= 0.6 is 11.8 Å². The predicted octanol–water partition coefficient (Wildman–Crippen LogP) is 2.95. The molecule has 0 aliphatic carbocycles. The second-order valence-electron chi connectivity index (χ2n) is 3.81. The average molecular weight is 280 g/mol. The Balaban J connectivity index is 2.38. The Morgan fingerprint density at radius 3 is 2.22 bits per heavy atom. The first-order chi connectivity index (χ1) is 8.47. The standard InChI is InChI=1S/C13H12O3S2/c1-18(15,16)13-5-3-2-4-12(13)17-11-8-6-10(14)7-9-11/h2-9,14H,1H3. The molecule has 2 rings (SSSR count). The molecule has 3 nitrogen and oxygen atoms in total. The van der Waals surface area contributed by atoms with Crippen molar-refractivity contribution in [3.8, 4) is 5.75 Å². The Morgan fingerprint density at radius 1 is 1.00 bits per heavy atom. The van der Waals surface area contributed by atoms with Gasteiger partial charge in [-0.15, -0.1) is 0 Å². The van der Waals surface area contributed by atoms with Gasteiger partial charge in [0.2, 0.25) is 0 Å². The number of sulfone groups is 1. The molecule has 0 radical (unpaired) electrons.